The SMILES string of the molecule is CC(C)[C@@H](NC(=O)Nc1ccccc1)C(=O)Nc1cccc(S(C)(=O)=O)c1. The molecule has 0 heterocycles. The molecule has 0 aromatic heterocycles. The molecule has 27 heavy (non-hydrogen) atoms. The van der Waals surface area contributed by atoms with Gasteiger partial charge in [-0.1, -0.05) is 38.1 Å². The van der Waals surface area contributed by atoms with Crippen LogP contribution in [-0.4, -0.2) is 32.7 Å². The Balaban J connectivity index is 2.08. The second-order valence-electron chi connectivity index (χ2n) is 6.48. The summed E-state index contributed by atoms with van der Waals surface area (Å²) in [7, 11) is -3.38. The number of sulfone groups is 1. The van der Waals surface area contributed by atoms with E-state index in [1.54, 1.807) is 50.2 Å². The van der Waals surface area contributed by atoms with Crippen molar-refractivity contribution in [1.29, 1.82) is 0 Å². The molecule has 3 N–H and O–H groups in total. The predicted octanol–water partition coefficient (Wildman–Crippen LogP) is 2.87. The van der Waals surface area contributed by atoms with Gasteiger partial charge in [-0.3, -0.25) is 4.79 Å². The van der Waals surface area contributed by atoms with Crippen molar-refractivity contribution in [3.63, 3.8) is 0 Å². The first kappa shape index (κ1) is 20.4. The summed E-state index contributed by atoms with van der Waals surface area (Å²) in [4.78, 5) is 24.9. The van der Waals surface area contributed by atoms with Crippen molar-refractivity contribution in [3.05, 3.63) is 54.6 Å². The Hall–Kier alpha value is -2.87. The van der Waals surface area contributed by atoms with Crippen LogP contribution in [0.3, 0.4) is 0 Å². The minimum Gasteiger partial charge on any atom is -0.326 e. The maximum atomic E-state index is 12.6. The van der Waals surface area contributed by atoms with Gasteiger partial charge in [-0.15, -0.1) is 0 Å². The number of amides is 3. The van der Waals surface area contributed by atoms with Crippen LogP contribution in [0, 0.1) is 5.92 Å². The Kier molecular flexibility index (Phi) is 6.57. The average molecular weight is 389 g/mol. The molecule has 0 aliphatic heterocycles. The molecule has 0 saturated carbocycles. The monoisotopic (exact) mass is 389 g/mol. The van der Waals surface area contributed by atoms with Gasteiger partial charge in [0.05, 0.1) is 4.90 Å². The molecule has 7 nitrogen and oxygen atoms in total. The zero-order chi connectivity index (χ0) is 20.0. The molecular formula is C19H23N3O4S. The Morgan fingerprint density at radius 3 is 2.11 bits per heavy atom. The van der Waals surface area contributed by atoms with E-state index in [2.05, 4.69) is 16.0 Å². The van der Waals surface area contributed by atoms with E-state index in [1.807, 2.05) is 6.07 Å². The average Bonchev–Trinajstić information content (AvgIpc) is 2.59. The fraction of sp³-hybridized carbons (Fsp3) is 0.263. The predicted molar refractivity (Wildman–Crippen MR) is 105 cm³/mol. The number of nitrogens with one attached hydrogen (secondary N) is 3. The summed E-state index contributed by atoms with van der Waals surface area (Å²) in [6.45, 7) is 3.61. The normalized spacial score (nSPS) is 12.3. The Labute approximate surface area is 159 Å². The largest absolute Gasteiger partial charge is 0.326 e. The van der Waals surface area contributed by atoms with Crippen LogP contribution in [0.1, 0.15) is 13.8 Å². The van der Waals surface area contributed by atoms with Gasteiger partial charge < -0.3 is 16.0 Å². The van der Waals surface area contributed by atoms with E-state index in [9.17, 15) is 18.0 Å². The highest BCUT2D eigenvalue weighted by molar-refractivity contribution is 7.90. The first-order chi connectivity index (χ1) is 12.7. The second kappa shape index (κ2) is 8.68. The van der Waals surface area contributed by atoms with Crippen molar-refractivity contribution in [2.45, 2.75) is 24.8 Å². The second-order valence-corrected chi connectivity index (χ2v) is 8.49. The molecule has 0 saturated heterocycles. The number of urea groups is 1. The van der Waals surface area contributed by atoms with Crippen molar-refractivity contribution < 1.29 is 18.0 Å². The van der Waals surface area contributed by atoms with E-state index in [0.29, 0.717) is 11.4 Å². The Morgan fingerprint density at radius 2 is 1.52 bits per heavy atom. The van der Waals surface area contributed by atoms with Crippen molar-refractivity contribution in [3.8, 4) is 0 Å². The standard InChI is InChI=1S/C19H23N3O4S/c1-13(2)17(22-19(24)21-14-8-5-4-6-9-14)18(23)20-15-10-7-11-16(12-15)27(3,25)26/h4-13,17H,1-3H3,(H,20,23)(H2,21,22,24)/t17-/m1/s1. The zero-order valence-electron chi connectivity index (χ0n) is 15.4. The molecule has 8 heteroatoms. The quantitative estimate of drug-likeness (QED) is 0.706. The summed E-state index contributed by atoms with van der Waals surface area (Å²) in [5.74, 6) is -0.608. The van der Waals surface area contributed by atoms with E-state index < -0.39 is 27.8 Å². The Morgan fingerprint density at radius 1 is 0.889 bits per heavy atom. The number of carbonyl (C=O) groups excluding carboxylic acids is 2. The van der Waals surface area contributed by atoms with E-state index in [-0.39, 0.29) is 10.8 Å². The summed E-state index contributed by atoms with van der Waals surface area (Å²) in [5, 5.41) is 7.97. The molecule has 0 bridgehead atoms. The molecule has 0 fully saturated rings. The van der Waals surface area contributed by atoms with Gasteiger partial charge in [0, 0.05) is 17.6 Å². The summed E-state index contributed by atoms with van der Waals surface area (Å²) in [5.41, 5.74) is 0.956. The van der Waals surface area contributed by atoms with Gasteiger partial charge in [0.1, 0.15) is 6.04 Å². The van der Waals surface area contributed by atoms with Crippen LogP contribution in [0.5, 0.6) is 0 Å². The molecule has 2 aromatic rings. The summed E-state index contributed by atoms with van der Waals surface area (Å²) in [6.07, 6.45) is 1.10. The lowest BCUT2D eigenvalue weighted by Gasteiger charge is -2.22. The van der Waals surface area contributed by atoms with Gasteiger partial charge in [-0.25, -0.2) is 13.2 Å². The Bertz CT molecular complexity index is 912. The lowest BCUT2D eigenvalue weighted by Crippen LogP contribution is -2.48. The molecule has 0 aliphatic carbocycles. The summed E-state index contributed by atoms with van der Waals surface area (Å²) in [6, 6.07) is 13.6. The third kappa shape index (κ3) is 6.10. The van der Waals surface area contributed by atoms with Crippen LogP contribution in [0.25, 0.3) is 0 Å². The van der Waals surface area contributed by atoms with E-state index >= 15 is 0 Å². The first-order valence-electron chi connectivity index (χ1n) is 8.40. The maximum Gasteiger partial charge on any atom is 0.319 e. The van der Waals surface area contributed by atoms with Crippen LogP contribution in [0.4, 0.5) is 16.2 Å². The summed E-state index contributed by atoms with van der Waals surface area (Å²) < 4.78 is 23.3. The highest BCUT2D eigenvalue weighted by Gasteiger charge is 2.24. The van der Waals surface area contributed by atoms with Crippen LogP contribution in [-0.2, 0) is 14.6 Å². The van der Waals surface area contributed by atoms with Gasteiger partial charge in [0.25, 0.3) is 0 Å². The molecule has 0 unspecified atom stereocenters. The third-order valence-electron chi connectivity index (χ3n) is 3.80. The van der Waals surface area contributed by atoms with E-state index in [0.717, 1.165) is 6.26 Å². The van der Waals surface area contributed by atoms with Crippen LogP contribution < -0.4 is 16.0 Å². The highest BCUT2D eigenvalue weighted by Crippen LogP contribution is 2.16. The summed E-state index contributed by atoms with van der Waals surface area (Å²) >= 11 is 0. The van der Waals surface area contributed by atoms with Crippen molar-refractivity contribution >= 4 is 33.2 Å². The molecule has 2 aromatic carbocycles. The number of para-hydroxylation sites is 1. The van der Waals surface area contributed by atoms with E-state index in [4.69, 9.17) is 0 Å². The first-order valence-corrected chi connectivity index (χ1v) is 10.3. The highest BCUT2D eigenvalue weighted by atomic mass is 32.2. The van der Waals surface area contributed by atoms with Crippen LogP contribution in [0.2, 0.25) is 0 Å². The lowest BCUT2D eigenvalue weighted by molar-refractivity contribution is -0.118. The van der Waals surface area contributed by atoms with Gasteiger partial charge in [-0.2, -0.15) is 0 Å². The van der Waals surface area contributed by atoms with Crippen LogP contribution >= 0.6 is 0 Å². The third-order valence-corrected chi connectivity index (χ3v) is 4.91. The lowest BCUT2D eigenvalue weighted by atomic mass is 10.0. The maximum absolute atomic E-state index is 12.6. The number of rotatable bonds is 6. The zero-order valence-corrected chi connectivity index (χ0v) is 16.2. The number of benzene rings is 2. The molecule has 2 rings (SSSR count). The molecule has 0 radical (unpaired) electrons. The molecule has 0 spiro atoms. The number of hydrogen-bond acceptors (Lipinski definition) is 4. The van der Waals surface area contributed by atoms with Crippen molar-refractivity contribution in [1.82, 2.24) is 5.32 Å². The van der Waals surface area contributed by atoms with Gasteiger partial charge in [-0.05, 0) is 36.2 Å². The fourth-order valence-electron chi connectivity index (χ4n) is 2.39. The topological polar surface area (TPSA) is 104 Å². The van der Waals surface area contributed by atoms with Gasteiger partial charge in [0.2, 0.25) is 5.91 Å². The minimum atomic E-state index is -3.38. The van der Waals surface area contributed by atoms with Crippen molar-refractivity contribution in [2.75, 3.05) is 16.9 Å². The molecule has 0 aliphatic rings. The minimum absolute atomic E-state index is 0.108. The number of hydrogen-bond donors (Lipinski definition) is 3. The van der Waals surface area contributed by atoms with E-state index in [1.165, 1.54) is 12.1 Å². The molecule has 1 atom stereocenters. The number of carbonyl (C=O) groups is 2. The van der Waals surface area contributed by atoms with Gasteiger partial charge in [0.15, 0.2) is 9.84 Å². The van der Waals surface area contributed by atoms with Crippen LogP contribution in [0.15, 0.2) is 59.5 Å². The molecule has 144 valence electrons. The smallest absolute Gasteiger partial charge is 0.319 e. The fourth-order valence-corrected chi connectivity index (χ4v) is 3.06. The molecular weight excluding hydrogens is 366 g/mol. The van der Waals surface area contributed by atoms with Gasteiger partial charge >= 0.3 is 6.03 Å². The van der Waals surface area contributed by atoms with Crippen molar-refractivity contribution in [2.24, 2.45) is 5.92 Å². The molecule has 3 amide bonds. The number of anilines is 2.